The monoisotopic (exact) mass is 321 g/mol. The van der Waals surface area contributed by atoms with Crippen molar-refractivity contribution in [3.63, 3.8) is 0 Å². The Hall–Kier alpha value is -0.970. The lowest BCUT2D eigenvalue weighted by molar-refractivity contribution is 1.34. The molecule has 4 heteroatoms. The smallest absolute Gasteiger partial charge is 0.0802 e. The van der Waals surface area contributed by atoms with E-state index in [1.165, 1.54) is 15.3 Å². The zero-order chi connectivity index (χ0) is 11.7. The molecule has 0 aliphatic heterocycles. The lowest BCUT2D eigenvalue weighted by Crippen LogP contribution is -1.80. The molecule has 3 aromatic heterocycles. The topological polar surface area (TPSA) is 12.9 Å². The van der Waals surface area contributed by atoms with E-state index in [0.29, 0.717) is 0 Å². The zero-order valence-corrected chi connectivity index (χ0v) is 12.0. The molecule has 0 aliphatic carbocycles. The van der Waals surface area contributed by atoms with Crippen molar-refractivity contribution in [3.8, 4) is 21.0 Å². The minimum Gasteiger partial charge on any atom is -0.255 e. The summed E-state index contributed by atoms with van der Waals surface area (Å²) in [6, 6.07) is 12.5. The summed E-state index contributed by atoms with van der Waals surface area (Å²) in [5, 5.41) is 2.08. The molecule has 0 atom stereocenters. The molecule has 0 aliphatic rings. The number of halogens is 1. The van der Waals surface area contributed by atoms with Gasteiger partial charge in [-0.05, 0) is 51.6 Å². The molecule has 1 nitrogen and oxygen atoms in total. The summed E-state index contributed by atoms with van der Waals surface area (Å²) in [7, 11) is 0. The average molecular weight is 322 g/mol. The van der Waals surface area contributed by atoms with Gasteiger partial charge in [-0.3, -0.25) is 4.98 Å². The summed E-state index contributed by atoms with van der Waals surface area (Å²) >= 11 is 6.91. The van der Waals surface area contributed by atoms with Crippen molar-refractivity contribution in [3.05, 3.63) is 51.8 Å². The van der Waals surface area contributed by atoms with E-state index in [-0.39, 0.29) is 0 Å². The van der Waals surface area contributed by atoms with Crippen molar-refractivity contribution in [2.24, 2.45) is 0 Å². The molecule has 0 amide bonds. The van der Waals surface area contributed by atoms with Crippen molar-refractivity contribution in [2.45, 2.75) is 0 Å². The quantitative estimate of drug-likeness (QED) is 0.624. The van der Waals surface area contributed by atoms with Crippen LogP contribution in [0.5, 0.6) is 0 Å². The molecule has 3 aromatic rings. The fraction of sp³-hybridized carbons (Fsp3) is 0. The van der Waals surface area contributed by atoms with Crippen LogP contribution in [0.1, 0.15) is 0 Å². The van der Waals surface area contributed by atoms with Crippen LogP contribution in [0.2, 0.25) is 0 Å². The molecule has 3 heterocycles. The van der Waals surface area contributed by atoms with E-state index in [1.54, 1.807) is 22.7 Å². The van der Waals surface area contributed by atoms with E-state index in [1.807, 2.05) is 6.20 Å². The first-order chi connectivity index (χ1) is 8.33. The number of hydrogen-bond acceptors (Lipinski definition) is 3. The van der Waals surface area contributed by atoms with Crippen LogP contribution >= 0.6 is 38.6 Å². The third-order valence-corrected chi connectivity index (χ3v) is 4.96. The Kier molecular flexibility index (Phi) is 3.09. The Morgan fingerprint density at radius 3 is 2.53 bits per heavy atom. The predicted molar refractivity (Wildman–Crippen MR) is 78.6 cm³/mol. The summed E-state index contributed by atoms with van der Waals surface area (Å²) in [6.45, 7) is 0. The summed E-state index contributed by atoms with van der Waals surface area (Å²) in [5.41, 5.74) is 2.21. The highest BCUT2D eigenvalue weighted by Gasteiger charge is 2.04. The molecule has 0 N–H and O–H groups in total. The lowest BCUT2D eigenvalue weighted by atomic mass is 10.2. The third-order valence-electron chi connectivity index (χ3n) is 2.39. The Bertz CT molecular complexity index is 611. The number of hydrogen-bond donors (Lipinski definition) is 0. The minimum atomic E-state index is 1.03. The molecule has 0 aromatic carbocycles. The van der Waals surface area contributed by atoms with Crippen molar-refractivity contribution >= 4 is 38.6 Å². The molecule has 17 heavy (non-hydrogen) atoms. The number of aromatic nitrogens is 1. The molecular weight excluding hydrogens is 314 g/mol. The summed E-state index contributed by atoms with van der Waals surface area (Å²) < 4.78 is 1.14. The summed E-state index contributed by atoms with van der Waals surface area (Å²) in [4.78, 5) is 6.96. The van der Waals surface area contributed by atoms with Crippen molar-refractivity contribution in [2.75, 3.05) is 0 Å². The van der Waals surface area contributed by atoms with E-state index in [4.69, 9.17) is 0 Å². The SMILES string of the molecule is Brc1ccc(-c2ccc(-c3cccs3)cn2)s1. The van der Waals surface area contributed by atoms with Gasteiger partial charge in [0.15, 0.2) is 0 Å². The van der Waals surface area contributed by atoms with Gasteiger partial charge in [0, 0.05) is 16.6 Å². The summed E-state index contributed by atoms with van der Waals surface area (Å²) in [5.74, 6) is 0. The number of thiophene rings is 2. The first-order valence-corrected chi connectivity index (χ1v) is 7.57. The first-order valence-electron chi connectivity index (χ1n) is 5.08. The average Bonchev–Trinajstić information content (AvgIpc) is 3.00. The third kappa shape index (κ3) is 2.34. The minimum absolute atomic E-state index is 1.03. The van der Waals surface area contributed by atoms with Crippen molar-refractivity contribution < 1.29 is 0 Å². The Morgan fingerprint density at radius 2 is 1.94 bits per heavy atom. The predicted octanol–water partition coefficient (Wildman–Crippen LogP) is 5.30. The van der Waals surface area contributed by atoms with Gasteiger partial charge in [0.2, 0.25) is 0 Å². The molecule has 0 saturated carbocycles. The standard InChI is InChI=1S/C13H8BrNS2/c14-13-6-5-12(17-13)10-4-3-9(8-15-10)11-2-1-7-16-11/h1-8H. The van der Waals surface area contributed by atoms with Crippen LogP contribution in [0.4, 0.5) is 0 Å². The Morgan fingerprint density at radius 1 is 1.00 bits per heavy atom. The van der Waals surface area contributed by atoms with Gasteiger partial charge < -0.3 is 0 Å². The van der Waals surface area contributed by atoms with E-state index < -0.39 is 0 Å². The van der Waals surface area contributed by atoms with Gasteiger partial charge in [-0.25, -0.2) is 0 Å². The molecular formula is C13H8BrNS2. The number of rotatable bonds is 2. The van der Waals surface area contributed by atoms with Crippen LogP contribution in [-0.2, 0) is 0 Å². The van der Waals surface area contributed by atoms with Crippen LogP contribution in [0.25, 0.3) is 21.0 Å². The summed E-state index contributed by atoms with van der Waals surface area (Å²) in [6.07, 6.45) is 1.94. The van der Waals surface area contributed by atoms with Crippen LogP contribution < -0.4 is 0 Å². The van der Waals surface area contributed by atoms with Crippen molar-refractivity contribution in [1.82, 2.24) is 4.98 Å². The highest BCUT2D eigenvalue weighted by molar-refractivity contribution is 9.11. The van der Waals surface area contributed by atoms with Crippen molar-refractivity contribution in [1.29, 1.82) is 0 Å². The molecule has 0 fully saturated rings. The van der Waals surface area contributed by atoms with Gasteiger partial charge in [0.1, 0.15) is 0 Å². The Labute approximate surface area is 116 Å². The molecule has 0 unspecified atom stereocenters. The van der Waals surface area contributed by atoms with Crippen LogP contribution in [0.3, 0.4) is 0 Å². The van der Waals surface area contributed by atoms with E-state index in [0.717, 1.165) is 9.48 Å². The van der Waals surface area contributed by atoms with Gasteiger partial charge in [-0.15, -0.1) is 22.7 Å². The number of pyridine rings is 1. The molecule has 0 radical (unpaired) electrons. The van der Waals surface area contributed by atoms with Gasteiger partial charge in [0.05, 0.1) is 14.4 Å². The zero-order valence-electron chi connectivity index (χ0n) is 8.76. The van der Waals surface area contributed by atoms with Gasteiger partial charge in [0.25, 0.3) is 0 Å². The van der Waals surface area contributed by atoms with E-state index >= 15 is 0 Å². The van der Waals surface area contributed by atoms with E-state index in [2.05, 4.69) is 62.7 Å². The van der Waals surface area contributed by atoms with Crippen LogP contribution in [-0.4, -0.2) is 4.98 Å². The molecule has 84 valence electrons. The molecule has 0 spiro atoms. The fourth-order valence-corrected chi connectivity index (χ4v) is 3.66. The molecule has 3 rings (SSSR count). The van der Waals surface area contributed by atoms with E-state index in [9.17, 15) is 0 Å². The second-order valence-corrected chi connectivity index (χ2v) is 6.92. The lowest BCUT2D eigenvalue weighted by Gasteiger charge is -1.99. The highest BCUT2D eigenvalue weighted by atomic mass is 79.9. The largest absolute Gasteiger partial charge is 0.255 e. The van der Waals surface area contributed by atoms with Gasteiger partial charge in [-0.1, -0.05) is 6.07 Å². The normalized spacial score (nSPS) is 10.6. The second-order valence-electron chi connectivity index (χ2n) is 3.51. The number of nitrogens with zero attached hydrogens (tertiary/aromatic N) is 1. The maximum atomic E-state index is 4.51. The van der Waals surface area contributed by atoms with Gasteiger partial charge >= 0.3 is 0 Å². The van der Waals surface area contributed by atoms with Crippen LogP contribution in [0.15, 0.2) is 51.8 Å². The fourth-order valence-electron chi connectivity index (χ4n) is 1.58. The molecule has 0 bridgehead atoms. The van der Waals surface area contributed by atoms with Crippen LogP contribution in [0, 0.1) is 0 Å². The van der Waals surface area contributed by atoms with Gasteiger partial charge in [-0.2, -0.15) is 0 Å². The maximum Gasteiger partial charge on any atom is 0.0802 e. The maximum absolute atomic E-state index is 4.51. The highest BCUT2D eigenvalue weighted by Crippen LogP contribution is 2.31. The second kappa shape index (κ2) is 4.72. The Balaban J connectivity index is 1.95. The molecule has 0 saturated heterocycles. The first kappa shape index (κ1) is 11.1.